The molecule has 2 aromatic heterocycles. The van der Waals surface area contributed by atoms with Crippen LogP contribution in [0.2, 0.25) is 0 Å². The molecule has 0 spiro atoms. The zero-order valence-electron chi connectivity index (χ0n) is 9.98. The van der Waals surface area contributed by atoms with Crippen LogP contribution in [0.25, 0.3) is 0 Å². The molecule has 2 aromatic rings. The molecule has 0 atom stereocenters. The van der Waals surface area contributed by atoms with Crippen molar-refractivity contribution in [2.75, 3.05) is 18.5 Å². The van der Waals surface area contributed by atoms with Crippen LogP contribution < -0.4 is 4.90 Å². The summed E-state index contributed by atoms with van der Waals surface area (Å²) in [5, 5.41) is 2.12. The number of anilines is 1. The van der Waals surface area contributed by atoms with Gasteiger partial charge in [0.2, 0.25) is 0 Å². The largest absolute Gasteiger partial charge is 0.358 e. The fourth-order valence-electron chi connectivity index (χ4n) is 1.63. The van der Waals surface area contributed by atoms with E-state index < -0.39 is 0 Å². The van der Waals surface area contributed by atoms with E-state index in [1.165, 1.54) is 10.4 Å². The van der Waals surface area contributed by atoms with Gasteiger partial charge in [0.15, 0.2) is 0 Å². The van der Waals surface area contributed by atoms with Gasteiger partial charge in [0, 0.05) is 24.7 Å². The molecule has 17 heavy (non-hydrogen) atoms. The van der Waals surface area contributed by atoms with Crippen molar-refractivity contribution in [3.8, 4) is 0 Å². The number of nitrogens with zero attached hydrogens (tertiary/aromatic N) is 2. The summed E-state index contributed by atoms with van der Waals surface area (Å²) in [5.74, 6) is 1.02. The molecular formula is C13H15BrN2S. The standard InChI is InChI=1S/C13H15BrN2S/c1-10-5-7-15-13(12(10)14)16(2)8-6-11-4-3-9-17-11/h3-5,7,9H,6,8H2,1-2H3. The Balaban J connectivity index is 2.04. The first-order chi connectivity index (χ1) is 8.18. The first kappa shape index (κ1) is 12.6. The van der Waals surface area contributed by atoms with Gasteiger partial charge in [-0.2, -0.15) is 0 Å². The van der Waals surface area contributed by atoms with Crippen LogP contribution in [0.3, 0.4) is 0 Å². The molecule has 0 unspecified atom stereocenters. The average Bonchev–Trinajstić information content (AvgIpc) is 2.82. The van der Waals surface area contributed by atoms with E-state index in [4.69, 9.17) is 0 Å². The Morgan fingerprint density at radius 3 is 2.94 bits per heavy atom. The number of likely N-dealkylation sites (N-methyl/N-ethyl adjacent to an activating group) is 1. The lowest BCUT2D eigenvalue weighted by atomic mass is 10.3. The molecule has 90 valence electrons. The maximum Gasteiger partial charge on any atom is 0.142 e. The van der Waals surface area contributed by atoms with E-state index in [9.17, 15) is 0 Å². The monoisotopic (exact) mass is 310 g/mol. The molecule has 0 N–H and O–H groups in total. The predicted octanol–water partition coefficient (Wildman–Crippen LogP) is 3.89. The summed E-state index contributed by atoms with van der Waals surface area (Å²) in [6, 6.07) is 6.29. The van der Waals surface area contributed by atoms with Gasteiger partial charge in [-0.15, -0.1) is 11.3 Å². The van der Waals surface area contributed by atoms with Crippen LogP contribution in [0.4, 0.5) is 5.82 Å². The minimum absolute atomic E-state index is 0.982. The third-order valence-corrected chi connectivity index (χ3v) is 4.62. The van der Waals surface area contributed by atoms with Gasteiger partial charge in [-0.25, -0.2) is 4.98 Å². The summed E-state index contributed by atoms with van der Waals surface area (Å²) >= 11 is 5.41. The summed E-state index contributed by atoms with van der Waals surface area (Å²) in [4.78, 5) is 8.03. The second kappa shape index (κ2) is 5.65. The lowest BCUT2D eigenvalue weighted by molar-refractivity contribution is 0.864. The summed E-state index contributed by atoms with van der Waals surface area (Å²) in [6.07, 6.45) is 2.92. The van der Waals surface area contributed by atoms with Crippen molar-refractivity contribution in [2.45, 2.75) is 13.3 Å². The summed E-state index contributed by atoms with van der Waals surface area (Å²) in [6.45, 7) is 3.07. The number of hydrogen-bond acceptors (Lipinski definition) is 3. The molecule has 0 bridgehead atoms. The van der Waals surface area contributed by atoms with E-state index >= 15 is 0 Å². The van der Waals surface area contributed by atoms with Gasteiger partial charge in [0.25, 0.3) is 0 Å². The van der Waals surface area contributed by atoms with E-state index in [1.807, 2.05) is 23.6 Å². The third kappa shape index (κ3) is 3.07. The Kier molecular flexibility index (Phi) is 4.18. The highest BCUT2D eigenvalue weighted by Gasteiger charge is 2.09. The van der Waals surface area contributed by atoms with Gasteiger partial charge in [-0.3, -0.25) is 0 Å². The number of rotatable bonds is 4. The van der Waals surface area contributed by atoms with Crippen LogP contribution in [0, 0.1) is 6.92 Å². The molecule has 0 radical (unpaired) electrons. The molecule has 0 aromatic carbocycles. The highest BCUT2D eigenvalue weighted by atomic mass is 79.9. The van der Waals surface area contributed by atoms with Gasteiger partial charge in [-0.05, 0) is 52.4 Å². The van der Waals surface area contributed by atoms with Crippen LogP contribution >= 0.6 is 27.3 Å². The number of halogens is 1. The Morgan fingerprint density at radius 2 is 2.24 bits per heavy atom. The van der Waals surface area contributed by atoms with Gasteiger partial charge < -0.3 is 4.90 Å². The molecule has 4 heteroatoms. The van der Waals surface area contributed by atoms with Crippen molar-refractivity contribution >= 4 is 33.1 Å². The fourth-order valence-corrected chi connectivity index (χ4v) is 2.87. The summed E-state index contributed by atoms with van der Waals surface area (Å²) in [7, 11) is 2.08. The molecule has 0 saturated heterocycles. The van der Waals surface area contributed by atoms with Gasteiger partial charge in [0.05, 0.1) is 4.47 Å². The number of hydrogen-bond donors (Lipinski definition) is 0. The molecule has 2 heterocycles. The third-order valence-electron chi connectivity index (χ3n) is 2.70. The predicted molar refractivity (Wildman–Crippen MR) is 78.0 cm³/mol. The smallest absolute Gasteiger partial charge is 0.142 e. The summed E-state index contributed by atoms with van der Waals surface area (Å²) in [5.41, 5.74) is 1.22. The normalized spacial score (nSPS) is 10.5. The second-order valence-electron chi connectivity index (χ2n) is 4.02. The SMILES string of the molecule is Cc1ccnc(N(C)CCc2cccs2)c1Br. The van der Waals surface area contributed by atoms with Crippen LogP contribution in [-0.2, 0) is 6.42 Å². The number of aryl methyl sites for hydroxylation is 1. The van der Waals surface area contributed by atoms with E-state index in [1.54, 1.807) is 0 Å². The van der Waals surface area contributed by atoms with Gasteiger partial charge in [-0.1, -0.05) is 6.07 Å². The van der Waals surface area contributed by atoms with E-state index in [0.29, 0.717) is 0 Å². The lowest BCUT2D eigenvalue weighted by Gasteiger charge is -2.19. The van der Waals surface area contributed by atoms with E-state index in [-0.39, 0.29) is 0 Å². The first-order valence-electron chi connectivity index (χ1n) is 5.53. The maximum atomic E-state index is 4.42. The highest BCUT2D eigenvalue weighted by molar-refractivity contribution is 9.10. The Morgan fingerprint density at radius 1 is 1.41 bits per heavy atom. The van der Waals surface area contributed by atoms with E-state index in [2.05, 4.69) is 57.3 Å². The lowest BCUT2D eigenvalue weighted by Crippen LogP contribution is -2.21. The van der Waals surface area contributed by atoms with Crippen molar-refractivity contribution in [1.29, 1.82) is 0 Å². The molecule has 0 aliphatic rings. The van der Waals surface area contributed by atoms with Crippen LogP contribution in [0.5, 0.6) is 0 Å². The zero-order valence-corrected chi connectivity index (χ0v) is 12.4. The van der Waals surface area contributed by atoms with Crippen molar-refractivity contribution in [3.63, 3.8) is 0 Å². The van der Waals surface area contributed by atoms with Gasteiger partial charge >= 0.3 is 0 Å². The molecular weight excluding hydrogens is 296 g/mol. The molecule has 0 aliphatic carbocycles. The van der Waals surface area contributed by atoms with Crippen molar-refractivity contribution in [2.24, 2.45) is 0 Å². The minimum Gasteiger partial charge on any atom is -0.358 e. The Hall–Kier alpha value is -0.870. The molecule has 0 fully saturated rings. The van der Waals surface area contributed by atoms with Crippen LogP contribution in [0.15, 0.2) is 34.2 Å². The number of thiophene rings is 1. The Labute approximate surface area is 114 Å². The van der Waals surface area contributed by atoms with Crippen molar-refractivity contribution in [3.05, 3.63) is 44.7 Å². The molecule has 2 rings (SSSR count). The number of aromatic nitrogens is 1. The van der Waals surface area contributed by atoms with E-state index in [0.717, 1.165) is 23.3 Å². The van der Waals surface area contributed by atoms with Gasteiger partial charge in [0.1, 0.15) is 5.82 Å². The minimum atomic E-state index is 0.982. The molecule has 0 amide bonds. The van der Waals surface area contributed by atoms with Crippen LogP contribution in [0.1, 0.15) is 10.4 Å². The molecule has 2 nitrogen and oxygen atoms in total. The topological polar surface area (TPSA) is 16.1 Å². The fraction of sp³-hybridized carbons (Fsp3) is 0.308. The molecule has 0 aliphatic heterocycles. The molecule has 0 saturated carbocycles. The van der Waals surface area contributed by atoms with Crippen molar-refractivity contribution < 1.29 is 0 Å². The first-order valence-corrected chi connectivity index (χ1v) is 7.20. The average molecular weight is 311 g/mol. The van der Waals surface area contributed by atoms with Crippen molar-refractivity contribution in [1.82, 2.24) is 4.98 Å². The quantitative estimate of drug-likeness (QED) is 0.851. The summed E-state index contributed by atoms with van der Waals surface area (Å²) < 4.78 is 1.09. The second-order valence-corrected chi connectivity index (χ2v) is 5.84. The Bertz CT molecular complexity index is 482. The zero-order chi connectivity index (χ0) is 12.3. The van der Waals surface area contributed by atoms with Crippen LogP contribution in [-0.4, -0.2) is 18.6 Å². The highest BCUT2D eigenvalue weighted by Crippen LogP contribution is 2.26. The number of pyridine rings is 1. The maximum absolute atomic E-state index is 4.42.